The molecular formula is C14H19N3O3. The topological polar surface area (TPSA) is 87.3 Å². The Labute approximate surface area is 117 Å². The molecule has 0 aromatic heterocycles. The van der Waals surface area contributed by atoms with E-state index in [0.29, 0.717) is 13.0 Å². The van der Waals surface area contributed by atoms with Gasteiger partial charge in [0.05, 0.1) is 0 Å². The highest BCUT2D eigenvalue weighted by Gasteiger charge is 2.19. The number of carbonyl (C=O) groups is 3. The fourth-order valence-electron chi connectivity index (χ4n) is 1.62. The Hall–Kier alpha value is -2.37. The molecule has 3 N–H and O–H groups in total. The number of imide groups is 1. The number of hydrogen-bond acceptors (Lipinski definition) is 3. The first-order valence-corrected chi connectivity index (χ1v) is 6.42. The van der Waals surface area contributed by atoms with Gasteiger partial charge >= 0.3 is 6.03 Å². The van der Waals surface area contributed by atoms with Gasteiger partial charge in [-0.1, -0.05) is 37.3 Å². The van der Waals surface area contributed by atoms with Gasteiger partial charge in [0.2, 0.25) is 5.91 Å². The molecule has 1 aromatic carbocycles. The molecular weight excluding hydrogens is 258 g/mol. The number of amides is 4. The van der Waals surface area contributed by atoms with Crippen molar-refractivity contribution in [1.82, 2.24) is 16.0 Å². The van der Waals surface area contributed by atoms with Gasteiger partial charge in [0.1, 0.15) is 6.04 Å². The fourth-order valence-corrected chi connectivity index (χ4v) is 1.62. The average molecular weight is 277 g/mol. The summed E-state index contributed by atoms with van der Waals surface area (Å²) < 4.78 is 0. The van der Waals surface area contributed by atoms with Crippen LogP contribution in [0.25, 0.3) is 0 Å². The predicted octanol–water partition coefficient (Wildman–Crippen LogP) is 0.927. The molecule has 0 aliphatic heterocycles. The molecule has 0 bridgehead atoms. The van der Waals surface area contributed by atoms with Gasteiger partial charge in [-0.15, -0.1) is 0 Å². The summed E-state index contributed by atoms with van der Waals surface area (Å²) in [5.74, 6) is -0.829. The number of urea groups is 1. The molecule has 0 aliphatic rings. The summed E-state index contributed by atoms with van der Waals surface area (Å²) in [7, 11) is 0. The van der Waals surface area contributed by atoms with Crippen LogP contribution in [0.2, 0.25) is 0 Å². The minimum atomic E-state index is -0.699. The summed E-state index contributed by atoms with van der Waals surface area (Å²) in [6, 6.07) is 8.07. The smallest absolute Gasteiger partial charge is 0.321 e. The molecule has 0 saturated carbocycles. The van der Waals surface area contributed by atoms with E-state index in [2.05, 4.69) is 16.0 Å². The van der Waals surface area contributed by atoms with Crippen molar-refractivity contribution in [2.75, 3.05) is 0 Å². The van der Waals surface area contributed by atoms with Crippen LogP contribution < -0.4 is 16.0 Å². The van der Waals surface area contributed by atoms with Crippen molar-refractivity contribution < 1.29 is 14.4 Å². The number of hydrogen-bond donors (Lipinski definition) is 3. The normalized spacial score (nSPS) is 11.3. The Morgan fingerprint density at radius 2 is 1.80 bits per heavy atom. The third-order valence-corrected chi connectivity index (χ3v) is 2.63. The van der Waals surface area contributed by atoms with Gasteiger partial charge in [-0.25, -0.2) is 4.79 Å². The minimum Gasteiger partial charge on any atom is -0.345 e. The molecule has 1 rings (SSSR count). The van der Waals surface area contributed by atoms with E-state index in [4.69, 9.17) is 0 Å². The SMILES string of the molecule is CC[C@@H](NC(C)=O)C(=O)NC(=O)NCc1ccccc1. The number of nitrogens with one attached hydrogen (secondary N) is 3. The molecule has 6 heteroatoms. The molecule has 0 saturated heterocycles. The average Bonchev–Trinajstić information content (AvgIpc) is 2.43. The van der Waals surface area contributed by atoms with Crippen molar-refractivity contribution in [3.8, 4) is 0 Å². The summed E-state index contributed by atoms with van der Waals surface area (Å²) >= 11 is 0. The Morgan fingerprint density at radius 3 is 2.35 bits per heavy atom. The van der Waals surface area contributed by atoms with Gasteiger partial charge in [0.25, 0.3) is 5.91 Å². The highest BCUT2D eigenvalue weighted by atomic mass is 16.2. The third-order valence-electron chi connectivity index (χ3n) is 2.63. The number of carbonyl (C=O) groups excluding carboxylic acids is 3. The second kappa shape index (κ2) is 7.93. The standard InChI is InChI=1S/C14H19N3O3/c1-3-12(16-10(2)18)13(19)17-14(20)15-9-11-7-5-4-6-8-11/h4-8,12H,3,9H2,1-2H3,(H,16,18)(H2,15,17,19,20)/t12-/m1/s1. The van der Waals surface area contributed by atoms with Crippen LogP contribution in [0.3, 0.4) is 0 Å². The van der Waals surface area contributed by atoms with Crippen molar-refractivity contribution in [2.24, 2.45) is 0 Å². The van der Waals surface area contributed by atoms with Crippen LogP contribution in [0, 0.1) is 0 Å². The van der Waals surface area contributed by atoms with Crippen molar-refractivity contribution in [3.63, 3.8) is 0 Å². The van der Waals surface area contributed by atoms with Crippen LogP contribution >= 0.6 is 0 Å². The lowest BCUT2D eigenvalue weighted by Crippen LogP contribution is -2.50. The lowest BCUT2D eigenvalue weighted by atomic mass is 10.2. The first kappa shape index (κ1) is 15.7. The lowest BCUT2D eigenvalue weighted by Gasteiger charge is -2.15. The Morgan fingerprint density at radius 1 is 1.15 bits per heavy atom. The molecule has 0 spiro atoms. The molecule has 4 amide bonds. The van der Waals surface area contributed by atoms with Gasteiger partial charge < -0.3 is 10.6 Å². The number of rotatable bonds is 5. The maximum absolute atomic E-state index is 11.7. The van der Waals surface area contributed by atoms with E-state index in [1.165, 1.54) is 6.92 Å². The predicted molar refractivity (Wildman–Crippen MR) is 74.7 cm³/mol. The quantitative estimate of drug-likeness (QED) is 0.748. The van der Waals surface area contributed by atoms with E-state index in [9.17, 15) is 14.4 Å². The van der Waals surface area contributed by atoms with Crippen LogP contribution in [0.1, 0.15) is 25.8 Å². The summed E-state index contributed by atoms with van der Waals surface area (Å²) in [6.45, 7) is 3.41. The van der Waals surface area contributed by atoms with Gasteiger partial charge in [-0.3, -0.25) is 14.9 Å². The molecule has 6 nitrogen and oxygen atoms in total. The summed E-state index contributed by atoms with van der Waals surface area (Å²) in [4.78, 5) is 34.2. The van der Waals surface area contributed by atoms with Crippen molar-refractivity contribution >= 4 is 17.8 Å². The first-order valence-electron chi connectivity index (χ1n) is 6.42. The molecule has 0 aliphatic carbocycles. The van der Waals surface area contributed by atoms with E-state index in [1.807, 2.05) is 30.3 Å². The highest BCUT2D eigenvalue weighted by molar-refractivity contribution is 5.98. The highest BCUT2D eigenvalue weighted by Crippen LogP contribution is 1.97. The second-order valence-electron chi connectivity index (χ2n) is 4.32. The summed E-state index contributed by atoms with van der Waals surface area (Å²) in [5.41, 5.74) is 0.934. The van der Waals surface area contributed by atoms with E-state index < -0.39 is 18.0 Å². The van der Waals surface area contributed by atoms with Gasteiger partial charge in [-0.05, 0) is 12.0 Å². The molecule has 0 unspecified atom stereocenters. The lowest BCUT2D eigenvalue weighted by molar-refractivity contribution is -0.127. The molecule has 1 aromatic rings. The van der Waals surface area contributed by atoms with Crippen LogP contribution in [0.4, 0.5) is 4.79 Å². The monoisotopic (exact) mass is 277 g/mol. The van der Waals surface area contributed by atoms with Gasteiger partial charge in [-0.2, -0.15) is 0 Å². The Balaban J connectivity index is 2.41. The molecule has 0 heterocycles. The zero-order chi connectivity index (χ0) is 15.0. The zero-order valence-electron chi connectivity index (χ0n) is 11.6. The van der Waals surface area contributed by atoms with E-state index >= 15 is 0 Å². The second-order valence-corrected chi connectivity index (χ2v) is 4.32. The van der Waals surface area contributed by atoms with Crippen LogP contribution in [-0.4, -0.2) is 23.9 Å². The van der Waals surface area contributed by atoms with Crippen molar-refractivity contribution in [2.45, 2.75) is 32.9 Å². The van der Waals surface area contributed by atoms with E-state index in [-0.39, 0.29) is 5.91 Å². The molecule has 0 radical (unpaired) electrons. The van der Waals surface area contributed by atoms with Crippen LogP contribution in [0.5, 0.6) is 0 Å². The van der Waals surface area contributed by atoms with Crippen LogP contribution in [0.15, 0.2) is 30.3 Å². The van der Waals surface area contributed by atoms with Crippen molar-refractivity contribution in [1.29, 1.82) is 0 Å². The maximum atomic E-state index is 11.7. The Kier molecular flexibility index (Phi) is 6.22. The number of benzene rings is 1. The van der Waals surface area contributed by atoms with Gasteiger partial charge in [0, 0.05) is 13.5 Å². The molecule has 20 heavy (non-hydrogen) atoms. The van der Waals surface area contributed by atoms with Gasteiger partial charge in [0.15, 0.2) is 0 Å². The fraction of sp³-hybridized carbons (Fsp3) is 0.357. The molecule has 108 valence electrons. The summed E-state index contributed by atoms with van der Waals surface area (Å²) in [6.07, 6.45) is 0.414. The van der Waals surface area contributed by atoms with Crippen LogP contribution in [-0.2, 0) is 16.1 Å². The first-order chi connectivity index (χ1) is 9.52. The van der Waals surface area contributed by atoms with E-state index in [1.54, 1.807) is 6.92 Å². The van der Waals surface area contributed by atoms with Crippen molar-refractivity contribution in [3.05, 3.63) is 35.9 Å². The molecule has 0 fully saturated rings. The third kappa shape index (κ3) is 5.51. The zero-order valence-corrected chi connectivity index (χ0v) is 11.6. The minimum absolute atomic E-state index is 0.309. The largest absolute Gasteiger partial charge is 0.345 e. The Bertz CT molecular complexity index is 474. The van der Waals surface area contributed by atoms with E-state index in [0.717, 1.165) is 5.56 Å². The summed E-state index contributed by atoms with van der Waals surface area (Å²) in [5, 5.41) is 7.26. The molecule has 1 atom stereocenters. The maximum Gasteiger partial charge on any atom is 0.321 e.